The van der Waals surface area contributed by atoms with E-state index in [4.69, 9.17) is 5.26 Å². The van der Waals surface area contributed by atoms with Crippen LogP contribution in [0, 0.1) is 18.3 Å². The number of rotatable bonds is 0. The number of nitriles is 1. The van der Waals surface area contributed by atoms with Crippen LogP contribution in [0.2, 0.25) is 0 Å². The monoisotopic (exact) mass is 171 g/mol. The van der Waals surface area contributed by atoms with Gasteiger partial charge in [-0.2, -0.15) is 10.4 Å². The molecule has 0 fully saturated rings. The van der Waals surface area contributed by atoms with Gasteiger partial charge in [0.2, 0.25) is 0 Å². The smallest absolute Gasteiger partial charge is 0.170 e. The molecule has 0 atom stereocenters. The Bertz CT molecular complexity index is 503. The molecule has 0 aliphatic rings. The van der Waals surface area contributed by atoms with Gasteiger partial charge in [-0.05, 0) is 19.1 Å². The van der Waals surface area contributed by atoms with Crippen molar-refractivity contribution >= 4 is 10.9 Å². The van der Waals surface area contributed by atoms with E-state index in [1.165, 1.54) is 0 Å². The quantitative estimate of drug-likeness (QED) is 0.606. The molecule has 0 bridgehead atoms. The predicted octanol–water partition coefficient (Wildman–Crippen LogP) is 1.75. The molecule has 0 amide bonds. The molecule has 2 rings (SSSR count). The van der Waals surface area contributed by atoms with Gasteiger partial charge in [0.05, 0.1) is 5.52 Å². The van der Waals surface area contributed by atoms with Crippen LogP contribution in [0.15, 0.2) is 18.2 Å². The van der Waals surface area contributed by atoms with Gasteiger partial charge in [-0.25, -0.2) is 0 Å². The van der Waals surface area contributed by atoms with E-state index in [1.807, 2.05) is 32.2 Å². The molecule has 1 heterocycles. The first-order chi connectivity index (χ1) is 6.22. The minimum Gasteiger partial charge on any atom is -0.267 e. The molecule has 0 spiro atoms. The Labute approximate surface area is 76.2 Å². The molecule has 1 aromatic heterocycles. The molecule has 3 heteroatoms. The Morgan fingerprint density at radius 3 is 2.92 bits per heavy atom. The van der Waals surface area contributed by atoms with E-state index < -0.39 is 0 Å². The summed E-state index contributed by atoms with van der Waals surface area (Å²) in [6.07, 6.45) is 0. The number of nitrogens with zero attached hydrogens (tertiary/aromatic N) is 3. The molecule has 0 unspecified atom stereocenters. The maximum atomic E-state index is 8.81. The summed E-state index contributed by atoms with van der Waals surface area (Å²) in [5, 5.41) is 13.9. The number of benzene rings is 1. The Morgan fingerprint density at radius 2 is 2.23 bits per heavy atom. The first-order valence-electron chi connectivity index (χ1n) is 4.06. The van der Waals surface area contributed by atoms with Gasteiger partial charge < -0.3 is 0 Å². The van der Waals surface area contributed by atoms with Crippen LogP contribution in [-0.2, 0) is 7.05 Å². The molecule has 0 radical (unpaired) electrons. The highest BCUT2D eigenvalue weighted by Gasteiger charge is 2.06. The van der Waals surface area contributed by atoms with E-state index in [1.54, 1.807) is 4.68 Å². The number of fused-ring (bicyclic) bond motifs is 1. The SMILES string of the molecule is Cc1ccc2c(c1)c(C#N)nn2C. The van der Waals surface area contributed by atoms with E-state index >= 15 is 0 Å². The Balaban J connectivity index is 2.91. The summed E-state index contributed by atoms with van der Waals surface area (Å²) in [6.45, 7) is 2.01. The van der Waals surface area contributed by atoms with E-state index in [-0.39, 0.29) is 0 Å². The molecular weight excluding hydrogens is 162 g/mol. The zero-order valence-corrected chi connectivity index (χ0v) is 7.57. The van der Waals surface area contributed by atoms with Crippen molar-refractivity contribution in [3.63, 3.8) is 0 Å². The number of hydrogen-bond donors (Lipinski definition) is 0. The molecule has 0 saturated heterocycles. The second-order valence-corrected chi connectivity index (χ2v) is 3.10. The van der Waals surface area contributed by atoms with Crippen molar-refractivity contribution in [3.05, 3.63) is 29.5 Å². The lowest BCUT2D eigenvalue weighted by molar-refractivity contribution is 0.791. The maximum absolute atomic E-state index is 8.81. The van der Waals surface area contributed by atoms with Crippen molar-refractivity contribution < 1.29 is 0 Å². The van der Waals surface area contributed by atoms with E-state index in [9.17, 15) is 0 Å². The summed E-state index contributed by atoms with van der Waals surface area (Å²) in [5.74, 6) is 0. The minimum absolute atomic E-state index is 0.501. The topological polar surface area (TPSA) is 41.6 Å². The number of aryl methyl sites for hydroxylation is 2. The fourth-order valence-electron chi connectivity index (χ4n) is 1.46. The third-order valence-corrected chi connectivity index (χ3v) is 2.11. The third kappa shape index (κ3) is 1.07. The van der Waals surface area contributed by atoms with Crippen LogP contribution in [-0.4, -0.2) is 9.78 Å². The van der Waals surface area contributed by atoms with Crippen LogP contribution in [0.1, 0.15) is 11.3 Å². The van der Waals surface area contributed by atoms with Gasteiger partial charge in [-0.3, -0.25) is 4.68 Å². The summed E-state index contributed by atoms with van der Waals surface area (Å²) in [4.78, 5) is 0. The molecule has 0 N–H and O–H groups in total. The molecule has 2 aromatic rings. The van der Waals surface area contributed by atoms with Gasteiger partial charge in [-0.1, -0.05) is 11.6 Å². The molecule has 1 aromatic carbocycles. The zero-order valence-electron chi connectivity index (χ0n) is 7.57. The zero-order chi connectivity index (χ0) is 9.42. The van der Waals surface area contributed by atoms with Crippen molar-refractivity contribution in [2.45, 2.75) is 6.92 Å². The van der Waals surface area contributed by atoms with E-state index in [0.717, 1.165) is 16.5 Å². The van der Waals surface area contributed by atoms with E-state index in [2.05, 4.69) is 11.2 Å². The highest BCUT2D eigenvalue weighted by Crippen LogP contribution is 2.18. The fraction of sp³-hybridized carbons (Fsp3) is 0.200. The van der Waals surface area contributed by atoms with Crippen molar-refractivity contribution in [1.29, 1.82) is 5.26 Å². The average Bonchev–Trinajstić information content (AvgIpc) is 2.42. The lowest BCUT2D eigenvalue weighted by atomic mass is 10.1. The van der Waals surface area contributed by atoms with Crippen molar-refractivity contribution in [1.82, 2.24) is 9.78 Å². The van der Waals surface area contributed by atoms with Crippen LogP contribution in [0.5, 0.6) is 0 Å². The van der Waals surface area contributed by atoms with Crippen LogP contribution in [0.25, 0.3) is 10.9 Å². The van der Waals surface area contributed by atoms with Gasteiger partial charge in [0.15, 0.2) is 5.69 Å². The van der Waals surface area contributed by atoms with Crippen LogP contribution < -0.4 is 0 Å². The molecule has 13 heavy (non-hydrogen) atoms. The summed E-state index contributed by atoms with van der Waals surface area (Å²) >= 11 is 0. The molecule has 0 aliphatic heterocycles. The Kier molecular flexibility index (Phi) is 1.56. The highest BCUT2D eigenvalue weighted by atomic mass is 15.3. The molecule has 3 nitrogen and oxygen atoms in total. The third-order valence-electron chi connectivity index (χ3n) is 2.11. The fourth-order valence-corrected chi connectivity index (χ4v) is 1.46. The largest absolute Gasteiger partial charge is 0.267 e. The maximum Gasteiger partial charge on any atom is 0.170 e. The van der Waals surface area contributed by atoms with Crippen LogP contribution in [0.3, 0.4) is 0 Å². The van der Waals surface area contributed by atoms with Gasteiger partial charge in [0.1, 0.15) is 6.07 Å². The summed E-state index contributed by atoms with van der Waals surface area (Å²) in [7, 11) is 1.85. The van der Waals surface area contributed by atoms with Gasteiger partial charge in [0, 0.05) is 12.4 Å². The second-order valence-electron chi connectivity index (χ2n) is 3.10. The summed E-state index contributed by atoms with van der Waals surface area (Å²) in [6, 6.07) is 8.08. The summed E-state index contributed by atoms with van der Waals surface area (Å²) in [5.41, 5.74) is 2.65. The summed E-state index contributed by atoms with van der Waals surface area (Å²) < 4.78 is 1.73. The average molecular weight is 171 g/mol. The van der Waals surface area contributed by atoms with Crippen molar-refractivity contribution in [2.75, 3.05) is 0 Å². The van der Waals surface area contributed by atoms with Crippen molar-refractivity contribution in [2.24, 2.45) is 7.05 Å². The second kappa shape index (κ2) is 2.60. The molecule has 64 valence electrons. The van der Waals surface area contributed by atoms with Gasteiger partial charge in [-0.15, -0.1) is 0 Å². The lowest BCUT2D eigenvalue weighted by Crippen LogP contribution is -1.89. The van der Waals surface area contributed by atoms with Gasteiger partial charge >= 0.3 is 0 Å². The predicted molar refractivity (Wildman–Crippen MR) is 50.2 cm³/mol. The molecule has 0 aliphatic carbocycles. The first-order valence-corrected chi connectivity index (χ1v) is 4.06. The molecular formula is C10H9N3. The normalized spacial score (nSPS) is 10.2. The highest BCUT2D eigenvalue weighted by molar-refractivity contribution is 5.84. The van der Waals surface area contributed by atoms with E-state index in [0.29, 0.717) is 5.69 Å². The van der Waals surface area contributed by atoms with Crippen LogP contribution >= 0.6 is 0 Å². The number of hydrogen-bond acceptors (Lipinski definition) is 2. The van der Waals surface area contributed by atoms with Crippen molar-refractivity contribution in [3.8, 4) is 6.07 Å². The standard InChI is InChI=1S/C10H9N3/c1-7-3-4-10-8(5-7)9(6-11)12-13(10)2/h3-5H,1-2H3. The first kappa shape index (κ1) is 7.81. The molecule has 0 saturated carbocycles. The Hall–Kier alpha value is -1.82. The minimum atomic E-state index is 0.501. The lowest BCUT2D eigenvalue weighted by Gasteiger charge is -1.93. The Morgan fingerprint density at radius 1 is 1.46 bits per heavy atom. The van der Waals surface area contributed by atoms with Crippen LogP contribution in [0.4, 0.5) is 0 Å². The number of aromatic nitrogens is 2. The van der Waals surface area contributed by atoms with Gasteiger partial charge in [0.25, 0.3) is 0 Å².